The number of benzene rings is 1. The Morgan fingerprint density at radius 3 is 2.26 bits per heavy atom. The van der Waals surface area contributed by atoms with Gasteiger partial charge in [0.25, 0.3) is 5.56 Å². The van der Waals surface area contributed by atoms with Crippen molar-refractivity contribution in [2.45, 2.75) is 97.8 Å². The van der Waals surface area contributed by atoms with Crippen molar-refractivity contribution in [2.24, 2.45) is 0 Å². The van der Waals surface area contributed by atoms with Gasteiger partial charge in [-0.25, -0.2) is 9.07 Å². The Labute approximate surface area is 224 Å². The fraction of sp³-hybridized carbons (Fsp3) is 0.552. The number of carbonyl (C=O) groups excluding carboxylic acids is 3. The summed E-state index contributed by atoms with van der Waals surface area (Å²) in [7, 11) is 0. The number of amides is 1. The predicted molar refractivity (Wildman–Crippen MR) is 144 cm³/mol. The summed E-state index contributed by atoms with van der Waals surface area (Å²) in [5, 5.41) is 6.76. The SMILES string of the molecule is CCC(C(=O)NC(CC(=O)OC(C)(C)C)C(=O)CF)n1nc(C)cc(Cc2ccccc2C(C)(C)C)c1=O. The second-order valence-electron chi connectivity index (χ2n) is 11.5. The number of aromatic nitrogens is 2. The van der Waals surface area contributed by atoms with E-state index in [1.54, 1.807) is 40.7 Å². The number of Topliss-reactive ketones (excluding diaryl/α,β-unsaturated/α-hetero) is 1. The average molecular weight is 530 g/mol. The molecule has 1 N–H and O–H groups in total. The summed E-state index contributed by atoms with van der Waals surface area (Å²) in [6.45, 7) is 13.4. The number of nitrogens with zero attached hydrogens (tertiary/aromatic N) is 2. The van der Waals surface area contributed by atoms with Crippen LogP contribution in [0.2, 0.25) is 0 Å². The lowest BCUT2D eigenvalue weighted by Gasteiger charge is -2.24. The molecule has 208 valence electrons. The van der Waals surface area contributed by atoms with Crippen molar-refractivity contribution in [2.75, 3.05) is 6.67 Å². The maximum Gasteiger partial charge on any atom is 0.308 e. The largest absolute Gasteiger partial charge is 0.460 e. The van der Waals surface area contributed by atoms with Crippen molar-refractivity contribution in [3.05, 3.63) is 63.1 Å². The highest BCUT2D eigenvalue weighted by molar-refractivity contribution is 5.93. The summed E-state index contributed by atoms with van der Waals surface area (Å²) in [5.41, 5.74) is 1.77. The number of ketones is 1. The van der Waals surface area contributed by atoms with Crippen LogP contribution in [0, 0.1) is 6.92 Å². The normalized spacial score (nSPS) is 13.5. The number of hydrogen-bond donors (Lipinski definition) is 1. The lowest BCUT2D eigenvalue weighted by Crippen LogP contribution is -2.48. The molecule has 8 nitrogen and oxygen atoms in total. The lowest BCUT2D eigenvalue weighted by atomic mass is 9.82. The van der Waals surface area contributed by atoms with Gasteiger partial charge in [0.1, 0.15) is 24.4 Å². The van der Waals surface area contributed by atoms with Gasteiger partial charge in [-0.1, -0.05) is 52.0 Å². The molecule has 1 aromatic heterocycles. The van der Waals surface area contributed by atoms with Gasteiger partial charge in [-0.3, -0.25) is 19.2 Å². The van der Waals surface area contributed by atoms with Crippen LogP contribution in [0.25, 0.3) is 0 Å². The molecule has 0 spiro atoms. The molecule has 0 saturated carbocycles. The van der Waals surface area contributed by atoms with Crippen molar-refractivity contribution in [1.82, 2.24) is 15.1 Å². The number of aryl methyl sites for hydroxylation is 1. The van der Waals surface area contributed by atoms with E-state index in [0.29, 0.717) is 17.7 Å². The predicted octanol–water partition coefficient (Wildman–Crippen LogP) is 4.15. The van der Waals surface area contributed by atoms with Gasteiger partial charge in [0.05, 0.1) is 12.1 Å². The molecule has 2 atom stereocenters. The van der Waals surface area contributed by atoms with Crippen molar-refractivity contribution < 1.29 is 23.5 Å². The average Bonchev–Trinajstić information content (AvgIpc) is 2.79. The minimum absolute atomic E-state index is 0.129. The van der Waals surface area contributed by atoms with Gasteiger partial charge in [0.2, 0.25) is 5.91 Å². The molecule has 0 aliphatic carbocycles. The number of halogens is 1. The molecule has 1 amide bonds. The van der Waals surface area contributed by atoms with Crippen molar-refractivity contribution >= 4 is 17.7 Å². The van der Waals surface area contributed by atoms with Crippen molar-refractivity contribution in [3.63, 3.8) is 0 Å². The van der Waals surface area contributed by atoms with Crippen LogP contribution in [-0.2, 0) is 31.0 Å². The lowest BCUT2D eigenvalue weighted by molar-refractivity contribution is -0.156. The first-order valence-corrected chi connectivity index (χ1v) is 12.9. The first kappa shape index (κ1) is 30.9. The Hall–Kier alpha value is -3.36. The summed E-state index contributed by atoms with van der Waals surface area (Å²) in [6, 6.07) is 7.13. The van der Waals surface area contributed by atoms with E-state index in [2.05, 4.69) is 31.2 Å². The molecular weight excluding hydrogens is 489 g/mol. The van der Waals surface area contributed by atoms with E-state index in [0.717, 1.165) is 15.8 Å². The van der Waals surface area contributed by atoms with Crippen LogP contribution in [0.15, 0.2) is 35.1 Å². The summed E-state index contributed by atoms with van der Waals surface area (Å²) < 4.78 is 19.6. The minimum Gasteiger partial charge on any atom is -0.460 e. The van der Waals surface area contributed by atoms with Gasteiger partial charge in [-0.2, -0.15) is 5.10 Å². The molecule has 2 unspecified atom stereocenters. The Bertz CT molecular complexity index is 1220. The molecule has 9 heteroatoms. The van der Waals surface area contributed by atoms with Gasteiger partial charge in [0, 0.05) is 12.0 Å². The minimum atomic E-state index is -1.42. The van der Waals surface area contributed by atoms with Crippen molar-refractivity contribution in [1.29, 1.82) is 0 Å². The zero-order valence-corrected chi connectivity index (χ0v) is 23.7. The molecule has 0 bridgehead atoms. The molecular formula is C29H40FN3O5. The first-order valence-electron chi connectivity index (χ1n) is 12.9. The van der Waals surface area contributed by atoms with Gasteiger partial charge < -0.3 is 10.1 Å². The number of nitrogens with one attached hydrogen (secondary N) is 1. The summed E-state index contributed by atoms with van der Waals surface area (Å²) in [5.74, 6) is -2.41. The van der Waals surface area contributed by atoms with Crippen LogP contribution < -0.4 is 10.9 Å². The number of hydrogen-bond acceptors (Lipinski definition) is 6. The quantitative estimate of drug-likeness (QED) is 0.464. The second kappa shape index (κ2) is 12.5. The van der Waals surface area contributed by atoms with E-state index in [1.165, 1.54) is 0 Å². The zero-order chi connectivity index (χ0) is 28.8. The molecule has 1 heterocycles. The number of ether oxygens (including phenoxy) is 1. The number of carbonyl (C=O) groups is 3. The van der Waals surface area contributed by atoms with Crippen LogP contribution in [0.4, 0.5) is 4.39 Å². The smallest absolute Gasteiger partial charge is 0.308 e. The summed E-state index contributed by atoms with van der Waals surface area (Å²) in [6.07, 6.45) is 0.0195. The fourth-order valence-corrected chi connectivity index (χ4v) is 4.28. The monoisotopic (exact) mass is 529 g/mol. The highest BCUT2D eigenvalue weighted by atomic mass is 19.1. The maximum absolute atomic E-state index is 13.5. The van der Waals surface area contributed by atoms with Crippen LogP contribution in [0.3, 0.4) is 0 Å². The molecule has 0 fully saturated rings. The van der Waals surface area contributed by atoms with E-state index in [-0.39, 0.29) is 11.8 Å². The summed E-state index contributed by atoms with van der Waals surface area (Å²) >= 11 is 0. The summed E-state index contributed by atoms with van der Waals surface area (Å²) in [4.78, 5) is 51.3. The Kier molecular flexibility index (Phi) is 10.1. The third-order valence-electron chi connectivity index (χ3n) is 5.95. The number of esters is 1. The molecule has 0 radical (unpaired) electrons. The third kappa shape index (κ3) is 8.33. The molecule has 0 aliphatic rings. The Morgan fingerprint density at radius 2 is 1.71 bits per heavy atom. The Morgan fingerprint density at radius 1 is 1.08 bits per heavy atom. The van der Waals surface area contributed by atoms with Gasteiger partial charge in [0.15, 0.2) is 5.78 Å². The van der Waals surface area contributed by atoms with E-state index in [9.17, 15) is 23.6 Å². The fourth-order valence-electron chi connectivity index (χ4n) is 4.28. The zero-order valence-electron chi connectivity index (χ0n) is 23.7. The van der Waals surface area contributed by atoms with Crippen LogP contribution in [0.1, 0.15) is 89.7 Å². The second-order valence-corrected chi connectivity index (χ2v) is 11.5. The van der Waals surface area contributed by atoms with E-state index < -0.39 is 54.0 Å². The standard InChI is InChI=1S/C29H40FN3O5/c1-9-23(26(36)31-22(24(34)17-30)16-25(35)38-29(6,7)8)33-27(37)20(14-18(2)32-33)15-19-12-10-11-13-21(19)28(3,4)5/h10-14,22-23H,9,15-17H2,1-8H3,(H,31,36). The van der Waals surface area contributed by atoms with E-state index >= 15 is 0 Å². The van der Waals surface area contributed by atoms with Crippen molar-refractivity contribution in [3.8, 4) is 0 Å². The Balaban J connectivity index is 2.39. The first-order chi connectivity index (χ1) is 17.6. The molecule has 0 aliphatic heterocycles. The molecule has 0 saturated heterocycles. The highest BCUT2D eigenvalue weighted by Gasteiger charge is 2.31. The number of alkyl halides is 1. The third-order valence-corrected chi connectivity index (χ3v) is 5.95. The van der Waals surface area contributed by atoms with Gasteiger partial charge >= 0.3 is 5.97 Å². The highest BCUT2D eigenvalue weighted by Crippen LogP contribution is 2.27. The van der Waals surface area contributed by atoms with E-state index in [4.69, 9.17) is 4.74 Å². The van der Waals surface area contributed by atoms with Gasteiger partial charge in [-0.15, -0.1) is 0 Å². The molecule has 38 heavy (non-hydrogen) atoms. The van der Waals surface area contributed by atoms with Crippen LogP contribution in [0.5, 0.6) is 0 Å². The van der Waals surface area contributed by atoms with E-state index in [1.807, 2.05) is 24.3 Å². The molecule has 2 rings (SSSR count). The van der Waals surface area contributed by atoms with Crippen LogP contribution >= 0.6 is 0 Å². The van der Waals surface area contributed by atoms with Gasteiger partial charge in [-0.05, 0) is 56.7 Å². The topological polar surface area (TPSA) is 107 Å². The molecule has 2 aromatic rings. The maximum atomic E-state index is 13.5. The number of rotatable bonds is 10. The van der Waals surface area contributed by atoms with Crippen LogP contribution in [-0.4, -0.2) is 45.8 Å². The molecule has 1 aromatic carbocycles.